The molecule has 0 radical (unpaired) electrons. The average molecular weight is 294 g/mol. The van der Waals surface area contributed by atoms with E-state index in [-0.39, 0.29) is 11.4 Å². The van der Waals surface area contributed by atoms with Crippen molar-refractivity contribution in [3.63, 3.8) is 0 Å². The summed E-state index contributed by atoms with van der Waals surface area (Å²) in [5.41, 5.74) is 7.44. The van der Waals surface area contributed by atoms with E-state index in [1.807, 2.05) is 30.3 Å². The van der Waals surface area contributed by atoms with Gasteiger partial charge in [0.25, 0.3) is 0 Å². The highest BCUT2D eigenvalue weighted by Gasteiger charge is 2.22. The smallest absolute Gasteiger partial charge is 0.244 e. The van der Waals surface area contributed by atoms with E-state index in [1.165, 1.54) is 0 Å². The third kappa shape index (κ3) is 3.24. The molecule has 0 aliphatic rings. The largest absolute Gasteiger partial charge is 0.325 e. The van der Waals surface area contributed by atoms with Crippen LogP contribution in [-0.2, 0) is 23.0 Å². The molecule has 7 heteroatoms. The number of benzene rings is 1. The van der Waals surface area contributed by atoms with Crippen molar-refractivity contribution in [2.45, 2.75) is 24.8 Å². The number of aryl methyl sites for hydroxylation is 1. The molecule has 1 aromatic heterocycles. The van der Waals surface area contributed by atoms with Crippen molar-refractivity contribution in [1.29, 1.82) is 0 Å². The van der Waals surface area contributed by atoms with E-state index in [0.717, 1.165) is 5.56 Å². The Balaban J connectivity index is 2.06. The fraction of sp³-hybridized carbons (Fsp3) is 0.308. The molecule has 2 aromatic rings. The van der Waals surface area contributed by atoms with Crippen molar-refractivity contribution in [1.82, 2.24) is 14.9 Å². The van der Waals surface area contributed by atoms with E-state index in [4.69, 9.17) is 5.73 Å². The second-order valence-corrected chi connectivity index (χ2v) is 6.17. The average Bonchev–Trinajstić information content (AvgIpc) is 2.81. The van der Waals surface area contributed by atoms with Gasteiger partial charge in [-0.05, 0) is 18.9 Å². The van der Waals surface area contributed by atoms with Gasteiger partial charge in [-0.25, -0.2) is 13.1 Å². The number of rotatable bonds is 6. The Morgan fingerprint density at radius 2 is 2.00 bits per heavy atom. The SMILES string of the molecule is Cc1[nH]nc(CN)c1S(=O)(=O)NCCc1ccccc1. The maximum Gasteiger partial charge on any atom is 0.244 e. The number of nitrogens with one attached hydrogen (secondary N) is 2. The van der Waals surface area contributed by atoms with Gasteiger partial charge in [0.1, 0.15) is 4.90 Å². The van der Waals surface area contributed by atoms with Gasteiger partial charge in [0.2, 0.25) is 10.0 Å². The summed E-state index contributed by atoms with van der Waals surface area (Å²) in [6.07, 6.45) is 0.634. The maximum absolute atomic E-state index is 12.3. The first-order chi connectivity index (χ1) is 9.54. The van der Waals surface area contributed by atoms with Crippen LogP contribution < -0.4 is 10.5 Å². The van der Waals surface area contributed by atoms with Crippen molar-refractivity contribution in [3.05, 3.63) is 47.3 Å². The highest BCUT2D eigenvalue weighted by Crippen LogP contribution is 2.16. The van der Waals surface area contributed by atoms with Crippen LogP contribution in [0.2, 0.25) is 0 Å². The molecule has 0 bridgehead atoms. The number of nitrogens with two attached hydrogens (primary N) is 1. The number of H-pyrrole nitrogens is 1. The maximum atomic E-state index is 12.3. The lowest BCUT2D eigenvalue weighted by atomic mass is 10.2. The molecule has 0 fully saturated rings. The number of hydrogen-bond donors (Lipinski definition) is 3. The normalized spacial score (nSPS) is 11.7. The highest BCUT2D eigenvalue weighted by atomic mass is 32.2. The zero-order valence-corrected chi connectivity index (χ0v) is 12.1. The Hall–Kier alpha value is -1.70. The van der Waals surface area contributed by atoms with Gasteiger partial charge >= 0.3 is 0 Å². The molecule has 2 rings (SSSR count). The molecular weight excluding hydrogens is 276 g/mol. The summed E-state index contributed by atoms with van der Waals surface area (Å²) >= 11 is 0. The van der Waals surface area contributed by atoms with Crippen molar-refractivity contribution in [2.75, 3.05) is 6.54 Å². The minimum atomic E-state index is -3.58. The Morgan fingerprint density at radius 1 is 1.30 bits per heavy atom. The van der Waals surface area contributed by atoms with Gasteiger partial charge in [0.05, 0.1) is 11.4 Å². The van der Waals surface area contributed by atoms with Crippen molar-refractivity contribution in [2.24, 2.45) is 5.73 Å². The van der Waals surface area contributed by atoms with Gasteiger partial charge in [-0.15, -0.1) is 0 Å². The van der Waals surface area contributed by atoms with Crippen LogP contribution in [0.3, 0.4) is 0 Å². The van der Waals surface area contributed by atoms with E-state index in [2.05, 4.69) is 14.9 Å². The third-order valence-electron chi connectivity index (χ3n) is 2.97. The molecular formula is C13H18N4O2S. The van der Waals surface area contributed by atoms with E-state index >= 15 is 0 Å². The second-order valence-electron chi connectivity index (χ2n) is 4.46. The van der Waals surface area contributed by atoms with Crippen LogP contribution >= 0.6 is 0 Å². The lowest BCUT2D eigenvalue weighted by Crippen LogP contribution is -2.27. The quantitative estimate of drug-likeness (QED) is 0.730. The van der Waals surface area contributed by atoms with Crippen LogP contribution in [0.4, 0.5) is 0 Å². The van der Waals surface area contributed by atoms with Crippen LogP contribution in [0.1, 0.15) is 17.0 Å². The topological polar surface area (TPSA) is 101 Å². The molecule has 0 aliphatic carbocycles. The molecule has 0 spiro atoms. The molecule has 0 unspecified atom stereocenters. The first-order valence-electron chi connectivity index (χ1n) is 6.32. The Labute approximate surface area is 118 Å². The minimum absolute atomic E-state index is 0.0826. The van der Waals surface area contributed by atoms with Crippen LogP contribution in [0.25, 0.3) is 0 Å². The summed E-state index contributed by atoms with van der Waals surface area (Å²) in [6.45, 7) is 2.08. The summed E-state index contributed by atoms with van der Waals surface area (Å²) in [5, 5.41) is 6.55. The van der Waals surface area contributed by atoms with Crippen molar-refractivity contribution in [3.8, 4) is 0 Å². The third-order valence-corrected chi connectivity index (χ3v) is 4.64. The number of aromatic amines is 1. The van der Waals surface area contributed by atoms with Gasteiger partial charge in [-0.1, -0.05) is 30.3 Å². The summed E-state index contributed by atoms with van der Waals surface area (Å²) in [5.74, 6) is 0. The van der Waals surface area contributed by atoms with Crippen LogP contribution in [0.15, 0.2) is 35.2 Å². The Kier molecular flexibility index (Phi) is 4.53. The predicted molar refractivity (Wildman–Crippen MR) is 76.6 cm³/mol. The fourth-order valence-electron chi connectivity index (χ4n) is 2.01. The molecule has 0 saturated carbocycles. The van der Waals surface area contributed by atoms with E-state index in [9.17, 15) is 8.42 Å². The summed E-state index contributed by atoms with van der Waals surface area (Å²) in [6, 6.07) is 9.70. The molecule has 0 amide bonds. The van der Waals surface area contributed by atoms with Gasteiger partial charge in [0.15, 0.2) is 0 Å². The molecule has 4 N–H and O–H groups in total. The van der Waals surface area contributed by atoms with E-state index in [1.54, 1.807) is 6.92 Å². The summed E-state index contributed by atoms with van der Waals surface area (Å²) < 4.78 is 27.1. The van der Waals surface area contributed by atoms with E-state index in [0.29, 0.717) is 24.4 Å². The summed E-state index contributed by atoms with van der Waals surface area (Å²) in [4.78, 5) is 0.160. The van der Waals surface area contributed by atoms with Gasteiger partial charge in [-0.3, -0.25) is 5.10 Å². The number of aromatic nitrogens is 2. The van der Waals surface area contributed by atoms with Crippen LogP contribution in [-0.4, -0.2) is 25.2 Å². The Bertz CT molecular complexity index is 665. The molecule has 6 nitrogen and oxygen atoms in total. The van der Waals surface area contributed by atoms with Crippen molar-refractivity contribution >= 4 is 10.0 Å². The molecule has 20 heavy (non-hydrogen) atoms. The van der Waals surface area contributed by atoms with Gasteiger partial charge in [-0.2, -0.15) is 5.10 Å². The molecule has 108 valence electrons. The first-order valence-corrected chi connectivity index (χ1v) is 7.80. The highest BCUT2D eigenvalue weighted by molar-refractivity contribution is 7.89. The van der Waals surface area contributed by atoms with E-state index < -0.39 is 10.0 Å². The monoisotopic (exact) mass is 294 g/mol. The van der Waals surface area contributed by atoms with Crippen LogP contribution in [0.5, 0.6) is 0 Å². The molecule has 1 aromatic carbocycles. The predicted octanol–water partition coefficient (Wildman–Crippen LogP) is 0.698. The standard InChI is InChI=1S/C13H18N4O2S/c1-10-13(12(9-14)17-16-10)20(18,19)15-8-7-11-5-3-2-4-6-11/h2-6,15H,7-9,14H2,1H3,(H,16,17). The van der Waals surface area contributed by atoms with Gasteiger partial charge < -0.3 is 5.73 Å². The zero-order valence-electron chi connectivity index (χ0n) is 11.3. The van der Waals surface area contributed by atoms with Crippen molar-refractivity contribution < 1.29 is 8.42 Å². The number of nitrogens with zero attached hydrogens (tertiary/aromatic N) is 1. The number of hydrogen-bond acceptors (Lipinski definition) is 4. The van der Waals surface area contributed by atoms with Crippen LogP contribution in [0, 0.1) is 6.92 Å². The first kappa shape index (κ1) is 14.7. The summed E-state index contributed by atoms with van der Waals surface area (Å²) in [7, 11) is -3.58. The zero-order chi connectivity index (χ0) is 14.6. The lowest BCUT2D eigenvalue weighted by Gasteiger charge is -2.07. The van der Waals surface area contributed by atoms with Gasteiger partial charge in [0, 0.05) is 13.1 Å². The molecule has 0 aliphatic heterocycles. The molecule has 0 atom stereocenters. The molecule has 1 heterocycles. The lowest BCUT2D eigenvalue weighted by molar-refractivity contribution is 0.580. The fourth-order valence-corrected chi connectivity index (χ4v) is 3.41. The molecule has 0 saturated heterocycles. The minimum Gasteiger partial charge on any atom is -0.325 e. The number of sulfonamides is 1. The second kappa shape index (κ2) is 6.17. The Morgan fingerprint density at radius 3 is 2.65 bits per heavy atom.